The maximum Gasteiger partial charge on any atom is 0.221 e. The number of rotatable bonds is 5. The largest absolute Gasteiger partial charge is 0.356 e. The fourth-order valence-electron chi connectivity index (χ4n) is 2.29. The lowest BCUT2D eigenvalue weighted by Crippen LogP contribution is -2.46. The Bertz CT molecular complexity index is 328. The minimum absolute atomic E-state index is 0. The summed E-state index contributed by atoms with van der Waals surface area (Å²) in [5.41, 5.74) is 0. The molecular formula is C15H31IN4O. The summed E-state index contributed by atoms with van der Waals surface area (Å²) in [4.78, 5) is 18.3. The summed E-state index contributed by atoms with van der Waals surface area (Å²) in [7, 11) is 1.81. The predicted molar refractivity (Wildman–Crippen MR) is 99.3 cm³/mol. The number of hydrogen-bond acceptors (Lipinski definition) is 2. The number of likely N-dealkylation sites (tertiary alicyclic amines) is 1. The second-order valence-corrected chi connectivity index (χ2v) is 5.77. The average molecular weight is 410 g/mol. The van der Waals surface area contributed by atoms with Gasteiger partial charge in [0.15, 0.2) is 5.96 Å². The maximum atomic E-state index is 11.7. The summed E-state index contributed by atoms with van der Waals surface area (Å²) in [6.45, 7) is 9.15. The number of amides is 1. The molecule has 0 bridgehead atoms. The topological polar surface area (TPSA) is 56.7 Å². The van der Waals surface area contributed by atoms with Gasteiger partial charge in [0.05, 0.1) is 0 Å². The molecule has 0 saturated carbocycles. The third kappa shape index (κ3) is 7.87. The molecule has 0 radical (unpaired) electrons. The van der Waals surface area contributed by atoms with Gasteiger partial charge >= 0.3 is 0 Å². The van der Waals surface area contributed by atoms with Gasteiger partial charge in [-0.1, -0.05) is 13.8 Å². The molecule has 2 N–H and O–H groups in total. The minimum atomic E-state index is 0. The van der Waals surface area contributed by atoms with Crippen molar-refractivity contribution >= 4 is 35.8 Å². The Morgan fingerprint density at radius 3 is 2.52 bits per heavy atom. The Labute approximate surface area is 146 Å². The highest BCUT2D eigenvalue weighted by Crippen LogP contribution is 2.15. The molecule has 1 heterocycles. The van der Waals surface area contributed by atoms with Gasteiger partial charge in [-0.15, -0.1) is 24.0 Å². The molecule has 1 atom stereocenters. The zero-order valence-corrected chi connectivity index (χ0v) is 16.1. The van der Waals surface area contributed by atoms with Crippen molar-refractivity contribution in [2.24, 2.45) is 10.9 Å². The number of halogens is 1. The van der Waals surface area contributed by atoms with Crippen LogP contribution in [0, 0.1) is 5.92 Å². The van der Waals surface area contributed by atoms with Crippen LogP contribution in [0.25, 0.3) is 0 Å². The molecule has 1 saturated heterocycles. The molecule has 1 amide bonds. The van der Waals surface area contributed by atoms with Crippen molar-refractivity contribution in [3.63, 3.8) is 0 Å². The molecule has 0 aromatic rings. The van der Waals surface area contributed by atoms with Crippen LogP contribution in [0.2, 0.25) is 0 Å². The van der Waals surface area contributed by atoms with Crippen molar-refractivity contribution in [1.82, 2.24) is 15.5 Å². The first kappa shape index (κ1) is 20.5. The fourth-order valence-corrected chi connectivity index (χ4v) is 2.29. The zero-order valence-electron chi connectivity index (χ0n) is 13.8. The van der Waals surface area contributed by atoms with Crippen LogP contribution in [0.5, 0.6) is 0 Å². The highest BCUT2D eigenvalue weighted by atomic mass is 127. The van der Waals surface area contributed by atoms with Crippen LogP contribution in [0.1, 0.15) is 46.5 Å². The van der Waals surface area contributed by atoms with Crippen molar-refractivity contribution in [1.29, 1.82) is 0 Å². The number of aliphatic imine (C=N–C) groups is 1. The second-order valence-electron chi connectivity index (χ2n) is 5.77. The van der Waals surface area contributed by atoms with Crippen LogP contribution < -0.4 is 10.6 Å². The van der Waals surface area contributed by atoms with Gasteiger partial charge in [0.1, 0.15) is 0 Å². The van der Waals surface area contributed by atoms with Crippen LogP contribution in [-0.4, -0.2) is 49.5 Å². The van der Waals surface area contributed by atoms with E-state index in [9.17, 15) is 4.79 Å². The summed E-state index contributed by atoms with van der Waals surface area (Å²) < 4.78 is 0. The SMILES string of the molecule is CCC(C)NC(=O)CCNC(=NC)N1CCC(C)CC1.I. The van der Waals surface area contributed by atoms with Crippen LogP contribution >= 0.6 is 24.0 Å². The summed E-state index contributed by atoms with van der Waals surface area (Å²) in [6, 6.07) is 0.255. The van der Waals surface area contributed by atoms with Crippen LogP contribution in [0.15, 0.2) is 4.99 Å². The van der Waals surface area contributed by atoms with Crippen LogP contribution in [0.3, 0.4) is 0 Å². The van der Waals surface area contributed by atoms with Gasteiger partial charge < -0.3 is 15.5 Å². The Morgan fingerprint density at radius 1 is 1.38 bits per heavy atom. The van der Waals surface area contributed by atoms with E-state index in [0.29, 0.717) is 13.0 Å². The third-order valence-electron chi connectivity index (χ3n) is 3.95. The molecule has 1 rings (SSSR count). The van der Waals surface area contributed by atoms with Gasteiger partial charge in [-0.3, -0.25) is 9.79 Å². The number of carbonyl (C=O) groups is 1. The molecule has 124 valence electrons. The Hall–Kier alpha value is -0.530. The van der Waals surface area contributed by atoms with E-state index in [-0.39, 0.29) is 35.9 Å². The number of carbonyl (C=O) groups excluding carboxylic acids is 1. The van der Waals surface area contributed by atoms with E-state index >= 15 is 0 Å². The molecule has 0 aromatic heterocycles. The zero-order chi connectivity index (χ0) is 15.0. The standard InChI is InChI=1S/C15H30N4O.HI/c1-5-13(3)18-14(20)6-9-17-15(16-4)19-10-7-12(2)8-11-19;/h12-13H,5-11H2,1-4H3,(H,16,17)(H,18,20);1H. The van der Waals surface area contributed by atoms with Gasteiger partial charge in [-0.05, 0) is 32.1 Å². The van der Waals surface area contributed by atoms with Gasteiger partial charge in [0.25, 0.3) is 0 Å². The highest BCUT2D eigenvalue weighted by Gasteiger charge is 2.18. The summed E-state index contributed by atoms with van der Waals surface area (Å²) in [5, 5.41) is 6.27. The van der Waals surface area contributed by atoms with Gasteiger partial charge in [-0.2, -0.15) is 0 Å². The molecular weight excluding hydrogens is 379 g/mol. The van der Waals surface area contributed by atoms with E-state index in [1.807, 2.05) is 6.92 Å². The first-order chi connectivity index (χ1) is 9.56. The van der Waals surface area contributed by atoms with E-state index in [1.165, 1.54) is 12.8 Å². The maximum absolute atomic E-state index is 11.7. The lowest BCUT2D eigenvalue weighted by Gasteiger charge is -2.32. The smallest absolute Gasteiger partial charge is 0.221 e. The Balaban J connectivity index is 0.00000400. The fraction of sp³-hybridized carbons (Fsp3) is 0.867. The average Bonchev–Trinajstić information content (AvgIpc) is 2.44. The quantitative estimate of drug-likeness (QED) is 0.415. The molecule has 1 fully saturated rings. The lowest BCUT2D eigenvalue weighted by atomic mass is 10.00. The van der Waals surface area contributed by atoms with E-state index in [4.69, 9.17) is 0 Å². The number of piperidine rings is 1. The molecule has 1 unspecified atom stereocenters. The molecule has 1 aliphatic rings. The number of nitrogens with zero attached hydrogens (tertiary/aromatic N) is 2. The first-order valence-corrected chi connectivity index (χ1v) is 7.81. The van der Waals surface area contributed by atoms with Crippen molar-refractivity contribution in [3.8, 4) is 0 Å². The van der Waals surface area contributed by atoms with E-state index in [1.54, 1.807) is 7.05 Å². The third-order valence-corrected chi connectivity index (χ3v) is 3.95. The molecule has 1 aliphatic heterocycles. The lowest BCUT2D eigenvalue weighted by molar-refractivity contribution is -0.121. The summed E-state index contributed by atoms with van der Waals surface area (Å²) >= 11 is 0. The summed E-state index contributed by atoms with van der Waals surface area (Å²) in [5.74, 6) is 1.84. The van der Waals surface area contributed by atoms with Crippen molar-refractivity contribution < 1.29 is 4.79 Å². The molecule has 0 aliphatic carbocycles. The number of hydrogen-bond donors (Lipinski definition) is 2. The van der Waals surface area contributed by atoms with E-state index < -0.39 is 0 Å². The van der Waals surface area contributed by atoms with Gasteiger partial charge in [0.2, 0.25) is 5.91 Å². The van der Waals surface area contributed by atoms with Crippen LogP contribution in [0.4, 0.5) is 0 Å². The second kappa shape index (κ2) is 11.1. The van der Waals surface area contributed by atoms with Crippen molar-refractivity contribution in [3.05, 3.63) is 0 Å². The van der Waals surface area contributed by atoms with Gasteiger partial charge in [-0.25, -0.2) is 0 Å². The molecule has 0 aromatic carbocycles. The van der Waals surface area contributed by atoms with Crippen LogP contribution in [-0.2, 0) is 4.79 Å². The monoisotopic (exact) mass is 410 g/mol. The Kier molecular flexibility index (Phi) is 10.8. The van der Waals surface area contributed by atoms with Crippen molar-refractivity contribution in [2.75, 3.05) is 26.7 Å². The van der Waals surface area contributed by atoms with Crippen molar-refractivity contribution in [2.45, 2.75) is 52.5 Å². The highest BCUT2D eigenvalue weighted by molar-refractivity contribution is 14.0. The van der Waals surface area contributed by atoms with E-state index in [0.717, 1.165) is 31.4 Å². The normalized spacial score (nSPS) is 17.9. The van der Waals surface area contributed by atoms with E-state index in [2.05, 4.69) is 34.4 Å². The molecule has 6 heteroatoms. The minimum Gasteiger partial charge on any atom is -0.356 e. The molecule has 0 spiro atoms. The predicted octanol–water partition coefficient (Wildman–Crippen LogP) is 2.22. The van der Waals surface area contributed by atoms with Gasteiger partial charge in [0, 0.05) is 39.1 Å². The molecule has 21 heavy (non-hydrogen) atoms. The number of nitrogens with one attached hydrogen (secondary N) is 2. The number of guanidine groups is 1. The molecule has 5 nitrogen and oxygen atoms in total. The summed E-state index contributed by atoms with van der Waals surface area (Å²) in [6.07, 6.45) is 3.89. The Morgan fingerprint density at radius 2 is 2.00 bits per heavy atom. The first-order valence-electron chi connectivity index (χ1n) is 7.81.